The molecule has 178 valence electrons. The molecular weight excluding hydrogens is 376 g/mol. The number of hydrogen-bond donors (Lipinski definition) is 1. The van der Waals surface area contributed by atoms with Crippen LogP contribution in [-0.4, -0.2) is 16.6 Å². The van der Waals surface area contributed by atoms with Crippen LogP contribution in [0.1, 0.15) is 127 Å². The fourth-order valence-electron chi connectivity index (χ4n) is 4.00. The van der Waals surface area contributed by atoms with E-state index in [-0.39, 0.29) is 11.5 Å². The number of rotatable bonds is 10. The van der Waals surface area contributed by atoms with Crippen molar-refractivity contribution in [2.45, 2.75) is 139 Å². The number of aliphatic hydroxyl groups is 1. The van der Waals surface area contributed by atoms with Gasteiger partial charge in [0.15, 0.2) is 0 Å². The average molecular weight is 433 g/mol. The van der Waals surface area contributed by atoms with Gasteiger partial charge >= 0.3 is 0 Å². The lowest BCUT2D eigenvalue weighted by Crippen LogP contribution is -2.31. The minimum atomic E-state index is -0.164. The van der Waals surface area contributed by atoms with Crippen LogP contribution in [0, 0.1) is 35.5 Å². The maximum absolute atomic E-state index is 10.4. The maximum Gasteiger partial charge on any atom is 0.0568 e. The van der Waals surface area contributed by atoms with Gasteiger partial charge in [0.2, 0.25) is 0 Å². The molecular formula is C27H57ClO. The predicted octanol–water partition coefficient (Wildman–Crippen LogP) is 9.35. The van der Waals surface area contributed by atoms with Crippen molar-refractivity contribution >= 4 is 11.6 Å². The Morgan fingerprint density at radius 2 is 1.48 bits per heavy atom. The Balaban J connectivity index is 0. The van der Waals surface area contributed by atoms with Crippen LogP contribution in [0.2, 0.25) is 0 Å². The first-order valence-electron chi connectivity index (χ1n) is 12.9. The zero-order valence-electron chi connectivity index (χ0n) is 21.8. The molecule has 1 saturated carbocycles. The number of aliphatic hydroxyl groups excluding tert-OH is 1. The van der Waals surface area contributed by atoms with E-state index in [4.69, 9.17) is 11.6 Å². The van der Waals surface area contributed by atoms with Crippen LogP contribution in [0.15, 0.2) is 0 Å². The summed E-state index contributed by atoms with van der Waals surface area (Å²) >= 11 is 6.58. The van der Waals surface area contributed by atoms with Gasteiger partial charge in [-0.1, -0.05) is 101 Å². The highest BCUT2D eigenvalue weighted by Crippen LogP contribution is 2.38. The van der Waals surface area contributed by atoms with E-state index in [1.807, 2.05) is 13.8 Å². The minimum absolute atomic E-state index is 0.164. The van der Waals surface area contributed by atoms with Crippen LogP contribution >= 0.6 is 11.6 Å². The molecule has 0 amide bonds. The number of halogens is 1. The molecule has 0 saturated heterocycles. The van der Waals surface area contributed by atoms with E-state index >= 15 is 0 Å². The van der Waals surface area contributed by atoms with Crippen LogP contribution in [0.25, 0.3) is 0 Å². The molecule has 1 aliphatic carbocycles. The molecule has 0 aromatic rings. The predicted molar refractivity (Wildman–Crippen MR) is 135 cm³/mol. The second-order valence-electron chi connectivity index (χ2n) is 10.1. The minimum Gasteiger partial charge on any atom is -0.393 e. The lowest BCUT2D eigenvalue weighted by atomic mass is 9.76. The summed E-state index contributed by atoms with van der Waals surface area (Å²) in [6.45, 7) is 22.0. The average Bonchev–Trinajstić information content (AvgIpc) is 2.69. The molecule has 1 fully saturated rings. The second kappa shape index (κ2) is 19.0. The highest BCUT2D eigenvalue weighted by atomic mass is 35.5. The van der Waals surface area contributed by atoms with Crippen LogP contribution in [0.3, 0.4) is 0 Å². The van der Waals surface area contributed by atoms with E-state index in [0.29, 0.717) is 11.8 Å². The first-order valence-corrected chi connectivity index (χ1v) is 13.4. The van der Waals surface area contributed by atoms with E-state index in [0.717, 1.165) is 42.9 Å². The molecule has 0 aromatic carbocycles. The normalized spacial score (nSPS) is 24.8. The van der Waals surface area contributed by atoms with Crippen LogP contribution in [0.4, 0.5) is 0 Å². The zero-order chi connectivity index (χ0) is 23.0. The third-order valence-corrected chi connectivity index (χ3v) is 7.43. The number of alkyl halides is 1. The Kier molecular flexibility index (Phi) is 20.6. The van der Waals surface area contributed by atoms with Gasteiger partial charge in [-0.15, -0.1) is 11.6 Å². The quantitative estimate of drug-likeness (QED) is 0.340. The topological polar surface area (TPSA) is 20.2 Å². The van der Waals surface area contributed by atoms with Crippen LogP contribution in [0.5, 0.6) is 0 Å². The van der Waals surface area contributed by atoms with Crippen molar-refractivity contribution in [1.29, 1.82) is 0 Å². The molecule has 1 nitrogen and oxygen atoms in total. The first kappa shape index (κ1) is 31.4. The molecule has 29 heavy (non-hydrogen) atoms. The summed E-state index contributed by atoms with van der Waals surface area (Å²) in [5.41, 5.74) is 0. The summed E-state index contributed by atoms with van der Waals surface area (Å²) in [5, 5.41) is 10.7. The Labute approximate surface area is 190 Å². The zero-order valence-corrected chi connectivity index (χ0v) is 22.6. The van der Waals surface area contributed by atoms with E-state index in [2.05, 4.69) is 55.4 Å². The molecule has 6 unspecified atom stereocenters. The van der Waals surface area contributed by atoms with Gasteiger partial charge in [0.05, 0.1) is 6.10 Å². The highest BCUT2D eigenvalue weighted by Gasteiger charge is 2.31. The third kappa shape index (κ3) is 15.7. The summed E-state index contributed by atoms with van der Waals surface area (Å²) in [6.07, 6.45) is 10.7. The molecule has 0 radical (unpaired) electrons. The smallest absolute Gasteiger partial charge is 0.0568 e. The van der Waals surface area contributed by atoms with Crippen molar-refractivity contribution in [3.05, 3.63) is 0 Å². The van der Waals surface area contributed by atoms with E-state index < -0.39 is 0 Å². The Bertz CT molecular complexity index is 341. The number of hydrogen-bond acceptors (Lipinski definition) is 1. The molecule has 0 aliphatic heterocycles. The molecule has 0 bridgehead atoms. The second-order valence-corrected chi connectivity index (χ2v) is 10.7. The van der Waals surface area contributed by atoms with E-state index in [1.54, 1.807) is 0 Å². The molecule has 1 N–H and O–H groups in total. The van der Waals surface area contributed by atoms with Gasteiger partial charge in [-0.2, -0.15) is 0 Å². The van der Waals surface area contributed by atoms with Gasteiger partial charge < -0.3 is 5.11 Å². The molecule has 0 heterocycles. The van der Waals surface area contributed by atoms with Crippen LogP contribution in [-0.2, 0) is 0 Å². The fraction of sp³-hybridized carbons (Fsp3) is 1.00. The molecule has 6 atom stereocenters. The Hall–Kier alpha value is 0.250. The van der Waals surface area contributed by atoms with Gasteiger partial charge in [-0.25, -0.2) is 0 Å². The lowest BCUT2D eigenvalue weighted by Gasteiger charge is -2.35. The standard InChI is InChI=1S/C18H35ClO.C7H16.C2H6/c1-5-6-15-9-10-16(17(19)11-15)12-18(20)14(4)8-7-13(2)3;1-5-7(4)6(2)3;1-2/h13-18,20H,5-12H2,1-4H3;6-7H,5H2,1-4H3;1-2H3. The van der Waals surface area contributed by atoms with E-state index in [9.17, 15) is 5.11 Å². The largest absolute Gasteiger partial charge is 0.393 e. The molecule has 1 rings (SSSR count). The van der Waals surface area contributed by atoms with Crippen molar-refractivity contribution < 1.29 is 5.11 Å². The summed E-state index contributed by atoms with van der Waals surface area (Å²) in [4.78, 5) is 0. The summed E-state index contributed by atoms with van der Waals surface area (Å²) < 4.78 is 0. The van der Waals surface area contributed by atoms with Crippen molar-refractivity contribution in [3.63, 3.8) is 0 Å². The summed E-state index contributed by atoms with van der Waals surface area (Å²) in [7, 11) is 0. The Morgan fingerprint density at radius 1 is 0.897 bits per heavy atom. The third-order valence-electron chi connectivity index (χ3n) is 6.90. The van der Waals surface area contributed by atoms with Crippen molar-refractivity contribution in [1.82, 2.24) is 0 Å². The van der Waals surface area contributed by atoms with Gasteiger partial charge in [-0.3, -0.25) is 0 Å². The first-order chi connectivity index (χ1) is 13.6. The van der Waals surface area contributed by atoms with E-state index in [1.165, 1.54) is 38.5 Å². The molecule has 1 aliphatic rings. The van der Waals surface area contributed by atoms with Crippen molar-refractivity contribution in [2.24, 2.45) is 35.5 Å². The highest BCUT2D eigenvalue weighted by molar-refractivity contribution is 6.20. The maximum atomic E-state index is 10.4. The lowest BCUT2D eigenvalue weighted by molar-refractivity contribution is 0.0719. The van der Waals surface area contributed by atoms with Gasteiger partial charge in [0, 0.05) is 5.38 Å². The molecule has 0 spiro atoms. The van der Waals surface area contributed by atoms with Crippen molar-refractivity contribution in [2.75, 3.05) is 0 Å². The molecule has 2 heteroatoms. The fourth-order valence-corrected chi connectivity index (χ4v) is 4.48. The summed E-state index contributed by atoms with van der Waals surface area (Å²) in [6, 6.07) is 0. The van der Waals surface area contributed by atoms with Gasteiger partial charge in [-0.05, 0) is 61.2 Å². The van der Waals surface area contributed by atoms with Crippen LogP contribution < -0.4 is 0 Å². The van der Waals surface area contributed by atoms with Crippen molar-refractivity contribution in [3.8, 4) is 0 Å². The molecule has 0 aromatic heterocycles. The van der Waals surface area contributed by atoms with Gasteiger partial charge in [0.1, 0.15) is 0 Å². The SMILES string of the molecule is CC.CCC(C)C(C)C.CCCC1CCC(CC(O)C(C)CCC(C)C)C(Cl)C1. The monoisotopic (exact) mass is 432 g/mol. The summed E-state index contributed by atoms with van der Waals surface area (Å²) in [5.74, 6) is 4.27. The Morgan fingerprint density at radius 3 is 1.86 bits per heavy atom. The van der Waals surface area contributed by atoms with Gasteiger partial charge in [0.25, 0.3) is 0 Å².